The second-order valence-corrected chi connectivity index (χ2v) is 7.95. The fraction of sp³-hybridized carbons (Fsp3) is 0.316. The third-order valence-corrected chi connectivity index (χ3v) is 5.92. The van der Waals surface area contributed by atoms with Crippen LogP contribution in [0.4, 0.5) is 11.4 Å². The minimum absolute atomic E-state index is 0.0756. The molecule has 2 aromatic rings. The zero-order chi connectivity index (χ0) is 18.7. The maximum atomic E-state index is 12.8. The molecule has 6 nitrogen and oxygen atoms in total. The van der Waals surface area contributed by atoms with Crippen molar-refractivity contribution in [2.75, 3.05) is 23.3 Å². The van der Waals surface area contributed by atoms with Gasteiger partial charge in [-0.1, -0.05) is 18.2 Å². The highest BCUT2D eigenvalue weighted by Gasteiger charge is 2.24. The van der Waals surface area contributed by atoms with E-state index >= 15 is 0 Å². The lowest BCUT2D eigenvalue weighted by atomic mass is 10.2. The van der Waals surface area contributed by atoms with Gasteiger partial charge in [-0.25, -0.2) is 8.42 Å². The number of sulfonamides is 1. The largest absolute Gasteiger partial charge is 0.380 e. The van der Waals surface area contributed by atoms with Gasteiger partial charge in [0, 0.05) is 31.3 Å². The number of nitrogens with zero attached hydrogens (tertiary/aromatic N) is 1. The number of rotatable bonds is 6. The fourth-order valence-corrected chi connectivity index (χ4v) is 4.45. The first-order chi connectivity index (χ1) is 12.4. The number of benzene rings is 2. The predicted octanol–water partition coefficient (Wildman–Crippen LogP) is 3.07. The first-order valence-corrected chi connectivity index (χ1v) is 9.91. The zero-order valence-electron chi connectivity index (χ0n) is 14.9. The van der Waals surface area contributed by atoms with E-state index in [1.54, 1.807) is 49.3 Å². The molecule has 1 saturated heterocycles. The number of hydrogen-bond donors (Lipinski definition) is 1. The summed E-state index contributed by atoms with van der Waals surface area (Å²) < 4.78 is 33.4. The average molecular weight is 374 g/mol. The third-order valence-electron chi connectivity index (χ3n) is 4.39. The van der Waals surface area contributed by atoms with Crippen molar-refractivity contribution in [3.63, 3.8) is 0 Å². The monoisotopic (exact) mass is 374 g/mol. The van der Waals surface area contributed by atoms with Crippen LogP contribution in [0.1, 0.15) is 24.0 Å². The molecular formula is C19H22N2O4S. The molecule has 1 fully saturated rings. The van der Waals surface area contributed by atoms with E-state index in [1.807, 2.05) is 12.1 Å². The van der Waals surface area contributed by atoms with Gasteiger partial charge < -0.3 is 9.64 Å². The summed E-state index contributed by atoms with van der Waals surface area (Å²) in [6.07, 6.45) is 1.37. The number of anilines is 2. The van der Waals surface area contributed by atoms with Crippen LogP contribution in [-0.4, -0.2) is 28.0 Å². The third kappa shape index (κ3) is 3.73. The van der Waals surface area contributed by atoms with Gasteiger partial charge in [0.05, 0.1) is 17.2 Å². The van der Waals surface area contributed by atoms with Crippen LogP contribution in [0.15, 0.2) is 47.4 Å². The van der Waals surface area contributed by atoms with Crippen molar-refractivity contribution in [1.29, 1.82) is 0 Å². The smallest absolute Gasteiger partial charge is 0.262 e. The summed E-state index contributed by atoms with van der Waals surface area (Å²) in [6.45, 7) is 2.72. The van der Waals surface area contributed by atoms with Crippen molar-refractivity contribution in [1.82, 2.24) is 0 Å². The molecule has 0 aromatic heterocycles. The van der Waals surface area contributed by atoms with Crippen LogP contribution in [0.2, 0.25) is 0 Å². The maximum Gasteiger partial charge on any atom is 0.262 e. The second kappa shape index (κ2) is 7.47. The molecule has 3 rings (SSSR count). The van der Waals surface area contributed by atoms with E-state index in [2.05, 4.69) is 4.72 Å². The summed E-state index contributed by atoms with van der Waals surface area (Å²) in [5.41, 5.74) is 2.59. The van der Waals surface area contributed by atoms with E-state index in [0.29, 0.717) is 30.8 Å². The van der Waals surface area contributed by atoms with Crippen LogP contribution in [0.25, 0.3) is 0 Å². The Hall–Kier alpha value is -2.38. The molecular weight excluding hydrogens is 352 g/mol. The first kappa shape index (κ1) is 18.4. The van der Waals surface area contributed by atoms with Crippen molar-refractivity contribution in [2.45, 2.75) is 31.3 Å². The second-order valence-electron chi connectivity index (χ2n) is 6.29. The van der Waals surface area contributed by atoms with Crippen molar-refractivity contribution in [2.24, 2.45) is 0 Å². The Kier molecular flexibility index (Phi) is 5.29. The zero-order valence-corrected chi connectivity index (χ0v) is 15.7. The molecule has 0 radical (unpaired) electrons. The fourth-order valence-electron chi connectivity index (χ4n) is 3.13. The molecule has 138 valence electrons. The molecule has 1 amide bonds. The molecule has 0 aliphatic carbocycles. The molecule has 0 unspecified atom stereocenters. The van der Waals surface area contributed by atoms with Gasteiger partial charge in [0.2, 0.25) is 5.91 Å². The Morgan fingerprint density at radius 2 is 1.96 bits per heavy atom. The topological polar surface area (TPSA) is 75.7 Å². The van der Waals surface area contributed by atoms with Gasteiger partial charge in [-0.05, 0) is 43.2 Å². The molecule has 0 saturated carbocycles. The van der Waals surface area contributed by atoms with E-state index in [9.17, 15) is 13.2 Å². The summed E-state index contributed by atoms with van der Waals surface area (Å²) >= 11 is 0. The van der Waals surface area contributed by atoms with Crippen LogP contribution in [-0.2, 0) is 26.2 Å². The lowest BCUT2D eigenvalue weighted by Crippen LogP contribution is -2.24. The highest BCUT2D eigenvalue weighted by Crippen LogP contribution is 2.28. The van der Waals surface area contributed by atoms with E-state index in [-0.39, 0.29) is 10.8 Å². The Morgan fingerprint density at radius 1 is 1.19 bits per heavy atom. The van der Waals surface area contributed by atoms with Gasteiger partial charge in [0.15, 0.2) is 0 Å². The van der Waals surface area contributed by atoms with Gasteiger partial charge in [0.1, 0.15) is 0 Å². The number of aryl methyl sites for hydroxylation is 1. The normalized spacial score (nSPS) is 14.7. The van der Waals surface area contributed by atoms with Gasteiger partial charge in [0.25, 0.3) is 10.0 Å². The summed E-state index contributed by atoms with van der Waals surface area (Å²) in [4.78, 5) is 13.8. The standard InChI is InChI=1S/C19H22N2O4S/c1-14-12-16(21-11-5-8-19(21)22)9-10-18(14)26(23,24)20-17-7-4-3-6-15(17)13-25-2/h3-4,6-7,9-10,12,20H,5,8,11,13H2,1-2H3. The van der Waals surface area contributed by atoms with Crippen LogP contribution in [0.3, 0.4) is 0 Å². The van der Waals surface area contributed by atoms with Crippen molar-refractivity contribution in [3.8, 4) is 0 Å². The molecule has 0 atom stereocenters. The minimum Gasteiger partial charge on any atom is -0.380 e. The minimum atomic E-state index is -3.75. The summed E-state index contributed by atoms with van der Waals surface area (Å²) in [5.74, 6) is 0.0756. The number of nitrogens with one attached hydrogen (secondary N) is 1. The van der Waals surface area contributed by atoms with Crippen LogP contribution in [0, 0.1) is 6.92 Å². The summed E-state index contributed by atoms with van der Waals surface area (Å²) in [7, 11) is -2.18. The van der Waals surface area contributed by atoms with Crippen molar-refractivity contribution >= 4 is 27.3 Å². The number of para-hydroxylation sites is 1. The average Bonchev–Trinajstić information content (AvgIpc) is 3.02. The predicted molar refractivity (Wildman–Crippen MR) is 101 cm³/mol. The van der Waals surface area contributed by atoms with E-state index < -0.39 is 10.0 Å². The number of hydrogen-bond acceptors (Lipinski definition) is 4. The van der Waals surface area contributed by atoms with Gasteiger partial charge in [-0.3, -0.25) is 9.52 Å². The lowest BCUT2D eigenvalue weighted by molar-refractivity contribution is -0.117. The van der Waals surface area contributed by atoms with E-state index in [0.717, 1.165) is 17.7 Å². The van der Waals surface area contributed by atoms with Gasteiger partial charge in [-0.15, -0.1) is 0 Å². The highest BCUT2D eigenvalue weighted by atomic mass is 32.2. The maximum absolute atomic E-state index is 12.8. The van der Waals surface area contributed by atoms with Crippen LogP contribution in [0.5, 0.6) is 0 Å². The molecule has 1 aliphatic rings. The molecule has 7 heteroatoms. The van der Waals surface area contributed by atoms with Crippen molar-refractivity contribution < 1.29 is 17.9 Å². The molecule has 26 heavy (non-hydrogen) atoms. The molecule has 0 bridgehead atoms. The van der Waals surface area contributed by atoms with Crippen molar-refractivity contribution in [3.05, 3.63) is 53.6 Å². The number of ether oxygens (including phenoxy) is 1. The Balaban J connectivity index is 1.89. The number of carbonyl (C=O) groups excluding carboxylic acids is 1. The lowest BCUT2D eigenvalue weighted by Gasteiger charge is -2.18. The SMILES string of the molecule is COCc1ccccc1NS(=O)(=O)c1ccc(N2CCCC2=O)cc1C. The quantitative estimate of drug-likeness (QED) is 0.843. The molecule has 1 aliphatic heterocycles. The molecule has 2 aromatic carbocycles. The summed E-state index contributed by atoms with van der Waals surface area (Å²) in [5, 5.41) is 0. The van der Waals surface area contributed by atoms with Gasteiger partial charge in [-0.2, -0.15) is 0 Å². The summed E-state index contributed by atoms with van der Waals surface area (Å²) in [6, 6.07) is 12.1. The van der Waals surface area contributed by atoms with E-state index in [1.165, 1.54) is 0 Å². The molecule has 0 spiro atoms. The van der Waals surface area contributed by atoms with E-state index in [4.69, 9.17) is 4.74 Å². The highest BCUT2D eigenvalue weighted by molar-refractivity contribution is 7.92. The van der Waals surface area contributed by atoms with Crippen LogP contribution < -0.4 is 9.62 Å². The first-order valence-electron chi connectivity index (χ1n) is 8.43. The number of carbonyl (C=O) groups is 1. The Bertz CT molecular complexity index is 925. The Morgan fingerprint density at radius 3 is 2.62 bits per heavy atom. The van der Waals surface area contributed by atoms with Gasteiger partial charge >= 0.3 is 0 Å². The Labute approximate surface area is 153 Å². The molecule has 1 heterocycles. The molecule has 1 N–H and O–H groups in total. The van der Waals surface area contributed by atoms with Crippen LogP contribution >= 0.6 is 0 Å². The number of amides is 1. The number of methoxy groups -OCH3 is 1.